The maximum absolute atomic E-state index is 13.2. The van der Waals surface area contributed by atoms with Crippen LogP contribution in [0, 0.1) is 0 Å². The van der Waals surface area contributed by atoms with E-state index in [4.69, 9.17) is 5.73 Å². The molecule has 0 amide bonds. The normalized spacial score (nSPS) is 11.6. The standard InChI is InChI=1S/C25H20N6O/c26-25-29-22-8-6-16(13-23(22)30-25)15-5-7-21-19(12-15)24(32)31(14-27-21)10-9-18-11-17-3-1-2-4-20(17)28-18/h1-8,11-14,28H,9-10H2,(H3,26,29,30). The first-order chi connectivity index (χ1) is 15.6. The second kappa shape index (κ2) is 7.09. The number of hydrogen-bond acceptors (Lipinski definition) is 4. The lowest BCUT2D eigenvalue weighted by Gasteiger charge is -2.08. The number of H-pyrrole nitrogens is 2. The molecule has 0 aliphatic heterocycles. The minimum absolute atomic E-state index is 0.0418. The van der Waals surface area contributed by atoms with Gasteiger partial charge in [-0.2, -0.15) is 0 Å². The number of aryl methyl sites for hydroxylation is 2. The molecule has 0 aliphatic rings. The molecule has 0 aliphatic carbocycles. The van der Waals surface area contributed by atoms with Crippen molar-refractivity contribution in [3.05, 3.63) is 89.1 Å². The van der Waals surface area contributed by atoms with Crippen LogP contribution in [0.1, 0.15) is 5.69 Å². The Hall–Kier alpha value is -4.39. The fourth-order valence-corrected chi connectivity index (χ4v) is 4.22. The number of hydrogen-bond donors (Lipinski definition) is 3. The van der Waals surface area contributed by atoms with Gasteiger partial charge in [-0.1, -0.05) is 30.3 Å². The zero-order valence-corrected chi connectivity index (χ0v) is 17.2. The van der Waals surface area contributed by atoms with Crippen molar-refractivity contribution in [3.8, 4) is 11.1 Å². The molecule has 0 spiro atoms. The minimum Gasteiger partial charge on any atom is -0.369 e. The number of imidazole rings is 1. The van der Waals surface area contributed by atoms with Gasteiger partial charge in [-0.3, -0.25) is 9.36 Å². The Bertz CT molecular complexity index is 1640. The first-order valence-electron chi connectivity index (χ1n) is 10.5. The number of benzene rings is 3. The molecule has 7 nitrogen and oxygen atoms in total. The molecular formula is C25H20N6O. The smallest absolute Gasteiger partial charge is 0.261 e. The maximum atomic E-state index is 13.2. The van der Waals surface area contributed by atoms with Crippen molar-refractivity contribution < 1.29 is 0 Å². The van der Waals surface area contributed by atoms with Crippen molar-refractivity contribution in [2.24, 2.45) is 0 Å². The molecule has 7 heteroatoms. The molecule has 0 bridgehead atoms. The van der Waals surface area contributed by atoms with E-state index in [0.29, 0.717) is 23.4 Å². The molecule has 156 valence electrons. The number of aromatic amines is 2. The maximum Gasteiger partial charge on any atom is 0.261 e. The van der Waals surface area contributed by atoms with Gasteiger partial charge in [0.15, 0.2) is 5.95 Å². The number of fused-ring (bicyclic) bond motifs is 3. The average molecular weight is 420 g/mol. The molecule has 3 aromatic carbocycles. The molecular weight excluding hydrogens is 400 g/mol. The van der Waals surface area contributed by atoms with Crippen LogP contribution >= 0.6 is 0 Å². The van der Waals surface area contributed by atoms with E-state index in [-0.39, 0.29) is 5.56 Å². The third-order valence-electron chi connectivity index (χ3n) is 5.87. The number of anilines is 1. The summed E-state index contributed by atoms with van der Waals surface area (Å²) in [7, 11) is 0. The molecule has 0 atom stereocenters. The number of aromatic nitrogens is 5. The second-order valence-electron chi connectivity index (χ2n) is 7.96. The van der Waals surface area contributed by atoms with Crippen LogP contribution in [0.4, 0.5) is 5.95 Å². The highest BCUT2D eigenvalue weighted by molar-refractivity contribution is 5.87. The SMILES string of the molecule is Nc1nc2ccc(-c3ccc4ncn(CCc5cc6ccccc6[nH]5)c(=O)c4c3)cc2[nH]1. The van der Waals surface area contributed by atoms with E-state index < -0.39 is 0 Å². The lowest BCUT2D eigenvalue weighted by atomic mass is 10.0. The zero-order chi connectivity index (χ0) is 21.7. The van der Waals surface area contributed by atoms with Gasteiger partial charge in [-0.25, -0.2) is 9.97 Å². The van der Waals surface area contributed by atoms with Gasteiger partial charge in [0.25, 0.3) is 5.56 Å². The van der Waals surface area contributed by atoms with Gasteiger partial charge >= 0.3 is 0 Å². The van der Waals surface area contributed by atoms with Crippen LogP contribution in [0.2, 0.25) is 0 Å². The van der Waals surface area contributed by atoms with Crippen molar-refractivity contribution in [3.63, 3.8) is 0 Å². The molecule has 6 rings (SSSR count). The summed E-state index contributed by atoms with van der Waals surface area (Å²) in [5, 5.41) is 1.78. The number of nitrogens with two attached hydrogens (primary N) is 1. The highest BCUT2D eigenvalue weighted by atomic mass is 16.1. The number of nitrogen functional groups attached to an aromatic ring is 1. The third-order valence-corrected chi connectivity index (χ3v) is 5.87. The van der Waals surface area contributed by atoms with E-state index in [1.54, 1.807) is 10.9 Å². The molecule has 3 heterocycles. The fourth-order valence-electron chi connectivity index (χ4n) is 4.22. The highest BCUT2D eigenvalue weighted by Gasteiger charge is 2.09. The highest BCUT2D eigenvalue weighted by Crippen LogP contribution is 2.25. The second-order valence-corrected chi connectivity index (χ2v) is 7.96. The van der Waals surface area contributed by atoms with Gasteiger partial charge in [0, 0.05) is 24.2 Å². The molecule has 6 aromatic rings. The van der Waals surface area contributed by atoms with Crippen molar-refractivity contribution >= 4 is 38.8 Å². The number of nitrogens with one attached hydrogen (secondary N) is 2. The van der Waals surface area contributed by atoms with Crippen molar-refractivity contribution in [1.29, 1.82) is 0 Å². The van der Waals surface area contributed by atoms with Crippen LogP contribution in [0.3, 0.4) is 0 Å². The summed E-state index contributed by atoms with van der Waals surface area (Å²) in [5.41, 5.74) is 12.2. The molecule has 0 saturated heterocycles. The predicted molar refractivity (Wildman–Crippen MR) is 128 cm³/mol. The molecule has 0 saturated carbocycles. The quantitative estimate of drug-likeness (QED) is 0.396. The van der Waals surface area contributed by atoms with Crippen molar-refractivity contribution in [2.75, 3.05) is 5.73 Å². The topological polar surface area (TPSA) is 105 Å². The van der Waals surface area contributed by atoms with E-state index in [1.165, 1.54) is 5.39 Å². The van der Waals surface area contributed by atoms with Gasteiger partial charge in [0.1, 0.15) is 0 Å². The Balaban J connectivity index is 1.34. The Morgan fingerprint density at radius 1 is 0.875 bits per heavy atom. The van der Waals surface area contributed by atoms with Crippen LogP contribution in [-0.4, -0.2) is 24.5 Å². The fraction of sp³-hybridized carbons (Fsp3) is 0.0800. The summed E-state index contributed by atoms with van der Waals surface area (Å²) >= 11 is 0. The van der Waals surface area contributed by atoms with Gasteiger partial charge in [0.05, 0.1) is 28.3 Å². The summed E-state index contributed by atoms with van der Waals surface area (Å²) in [6.07, 6.45) is 2.35. The molecule has 0 fully saturated rings. The van der Waals surface area contributed by atoms with Crippen LogP contribution in [0.5, 0.6) is 0 Å². The Kier molecular flexibility index (Phi) is 4.07. The van der Waals surface area contributed by atoms with Crippen molar-refractivity contribution in [1.82, 2.24) is 24.5 Å². The van der Waals surface area contributed by atoms with E-state index in [9.17, 15) is 4.79 Å². The Labute approximate surface area is 182 Å². The third kappa shape index (κ3) is 3.11. The van der Waals surface area contributed by atoms with Crippen LogP contribution < -0.4 is 11.3 Å². The van der Waals surface area contributed by atoms with Gasteiger partial charge < -0.3 is 15.7 Å². The van der Waals surface area contributed by atoms with Crippen LogP contribution in [-0.2, 0) is 13.0 Å². The summed E-state index contributed by atoms with van der Waals surface area (Å²) < 4.78 is 1.68. The Morgan fingerprint density at radius 2 is 1.69 bits per heavy atom. The predicted octanol–water partition coefficient (Wildman–Crippen LogP) is 4.25. The van der Waals surface area contributed by atoms with E-state index in [0.717, 1.165) is 39.8 Å². The lowest BCUT2D eigenvalue weighted by Crippen LogP contribution is -2.21. The average Bonchev–Trinajstić information content (AvgIpc) is 3.40. The summed E-state index contributed by atoms with van der Waals surface area (Å²) in [5.74, 6) is 0.387. The van der Waals surface area contributed by atoms with E-state index in [1.807, 2.05) is 48.5 Å². The summed E-state index contributed by atoms with van der Waals surface area (Å²) in [6, 6.07) is 22.0. The monoisotopic (exact) mass is 420 g/mol. The van der Waals surface area contributed by atoms with Gasteiger partial charge in [-0.05, 0) is 52.9 Å². The first kappa shape index (κ1) is 18.4. The molecule has 0 radical (unpaired) electrons. The minimum atomic E-state index is -0.0418. The summed E-state index contributed by atoms with van der Waals surface area (Å²) in [4.78, 5) is 28.4. The molecule has 3 aromatic heterocycles. The van der Waals surface area contributed by atoms with Gasteiger partial charge in [0.2, 0.25) is 0 Å². The Morgan fingerprint density at radius 3 is 2.56 bits per heavy atom. The van der Waals surface area contributed by atoms with Gasteiger partial charge in [-0.15, -0.1) is 0 Å². The van der Waals surface area contributed by atoms with E-state index >= 15 is 0 Å². The molecule has 0 unspecified atom stereocenters. The summed E-state index contributed by atoms with van der Waals surface area (Å²) in [6.45, 7) is 0.554. The van der Waals surface area contributed by atoms with Crippen LogP contribution in [0.25, 0.3) is 44.0 Å². The lowest BCUT2D eigenvalue weighted by molar-refractivity contribution is 0.656. The number of rotatable bonds is 4. The van der Waals surface area contributed by atoms with E-state index in [2.05, 4.69) is 38.1 Å². The van der Waals surface area contributed by atoms with Crippen LogP contribution in [0.15, 0.2) is 77.9 Å². The largest absolute Gasteiger partial charge is 0.369 e. The number of para-hydroxylation sites is 1. The number of nitrogens with zero attached hydrogens (tertiary/aromatic N) is 3. The molecule has 32 heavy (non-hydrogen) atoms. The molecule has 4 N–H and O–H groups in total. The van der Waals surface area contributed by atoms with Crippen molar-refractivity contribution in [2.45, 2.75) is 13.0 Å². The first-order valence-corrected chi connectivity index (χ1v) is 10.5. The zero-order valence-electron chi connectivity index (χ0n) is 17.2.